The zero-order chi connectivity index (χ0) is 24.5. The second-order valence-corrected chi connectivity index (χ2v) is 8.41. The smallest absolute Gasteiger partial charge is 0.261 e. The molecule has 1 amide bonds. The molecule has 174 valence electrons. The Morgan fingerprint density at radius 3 is 2.66 bits per heavy atom. The number of fused-ring (bicyclic) bond motifs is 2. The third kappa shape index (κ3) is 4.41. The van der Waals surface area contributed by atoms with Crippen molar-refractivity contribution in [1.82, 2.24) is 14.8 Å². The van der Waals surface area contributed by atoms with Crippen LogP contribution in [0.2, 0.25) is 0 Å². The minimum Gasteiger partial charge on any atom is -0.355 e. The number of amides is 1. The summed E-state index contributed by atoms with van der Waals surface area (Å²) in [5.41, 5.74) is 3.99. The first-order chi connectivity index (χ1) is 16.9. The fourth-order valence-electron chi connectivity index (χ4n) is 4.11. The van der Waals surface area contributed by atoms with E-state index in [1.807, 2.05) is 49.4 Å². The number of anilines is 3. The molecule has 2 aromatic heterocycles. The van der Waals surface area contributed by atoms with E-state index in [2.05, 4.69) is 20.8 Å². The zero-order valence-electron chi connectivity index (χ0n) is 19.3. The normalized spacial score (nSPS) is 11.0. The van der Waals surface area contributed by atoms with Gasteiger partial charge in [-0.3, -0.25) is 19.5 Å². The van der Waals surface area contributed by atoms with Crippen molar-refractivity contribution in [1.29, 1.82) is 0 Å². The number of carbonyl (C=O) groups excluding carboxylic acids is 2. The zero-order valence-corrected chi connectivity index (χ0v) is 19.3. The van der Waals surface area contributed by atoms with Crippen molar-refractivity contribution in [2.75, 3.05) is 10.6 Å². The summed E-state index contributed by atoms with van der Waals surface area (Å²) in [6.45, 7) is 3.27. The van der Waals surface area contributed by atoms with Crippen molar-refractivity contribution in [3.8, 4) is 0 Å². The lowest BCUT2D eigenvalue weighted by Gasteiger charge is -2.12. The lowest BCUT2D eigenvalue weighted by molar-refractivity contribution is -0.116. The van der Waals surface area contributed by atoms with E-state index in [0.717, 1.165) is 27.7 Å². The predicted octanol–water partition coefficient (Wildman–Crippen LogP) is 4.77. The SMILES string of the molecule is CC(=O)c1cccc(NC(=O)Cn2ccc3cccc(Nc4ccc5c(C)[nH]nc5c4)c3c2=O)c1. The first-order valence-corrected chi connectivity index (χ1v) is 11.1. The molecule has 0 aliphatic heterocycles. The van der Waals surface area contributed by atoms with E-state index in [1.54, 1.807) is 30.5 Å². The number of hydrogen-bond donors (Lipinski definition) is 3. The van der Waals surface area contributed by atoms with Crippen LogP contribution in [0.15, 0.2) is 77.7 Å². The summed E-state index contributed by atoms with van der Waals surface area (Å²) in [7, 11) is 0. The Kier molecular flexibility index (Phi) is 5.62. The minimum absolute atomic E-state index is 0.0894. The molecule has 5 aromatic rings. The number of benzene rings is 3. The van der Waals surface area contributed by atoms with Crippen LogP contribution < -0.4 is 16.2 Å². The summed E-state index contributed by atoms with van der Waals surface area (Å²) in [5.74, 6) is -0.453. The van der Waals surface area contributed by atoms with Crippen LogP contribution in [0.4, 0.5) is 17.1 Å². The molecule has 0 unspecified atom stereocenters. The molecule has 35 heavy (non-hydrogen) atoms. The second-order valence-electron chi connectivity index (χ2n) is 8.41. The third-order valence-corrected chi connectivity index (χ3v) is 5.90. The Morgan fingerprint density at radius 1 is 1.00 bits per heavy atom. The fourth-order valence-corrected chi connectivity index (χ4v) is 4.11. The monoisotopic (exact) mass is 465 g/mol. The maximum Gasteiger partial charge on any atom is 0.261 e. The first kappa shape index (κ1) is 22.1. The molecule has 0 bridgehead atoms. The number of aryl methyl sites for hydroxylation is 1. The molecule has 0 saturated heterocycles. The molecule has 3 aromatic carbocycles. The van der Waals surface area contributed by atoms with Gasteiger partial charge < -0.3 is 15.2 Å². The Labute approximate surface area is 200 Å². The highest BCUT2D eigenvalue weighted by Gasteiger charge is 2.12. The van der Waals surface area contributed by atoms with Crippen molar-refractivity contribution in [2.45, 2.75) is 20.4 Å². The van der Waals surface area contributed by atoms with Gasteiger partial charge in [0.2, 0.25) is 5.91 Å². The van der Waals surface area contributed by atoms with E-state index >= 15 is 0 Å². The number of H-pyrrole nitrogens is 1. The standard InChI is InChI=1S/C27H23N5O3/c1-16-22-10-9-21(14-24(22)31-30-16)28-23-8-4-5-18-11-12-32(27(35)26(18)23)15-25(34)29-20-7-3-6-19(13-20)17(2)33/h3-14,28H,15H2,1-2H3,(H,29,34)(H,30,31). The topological polar surface area (TPSA) is 109 Å². The first-order valence-electron chi connectivity index (χ1n) is 11.1. The molecule has 3 N–H and O–H groups in total. The molecule has 8 nitrogen and oxygen atoms in total. The van der Waals surface area contributed by atoms with Crippen molar-refractivity contribution < 1.29 is 9.59 Å². The third-order valence-electron chi connectivity index (χ3n) is 5.90. The van der Waals surface area contributed by atoms with Crippen LogP contribution >= 0.6 is 0 Å². The highest BCUT2D eigenvalue weighted by Crippen LogP contribution is 2.26. The Morgan fingerprint density at radius 2 is 1.83 bits per heavy atom. The number of carbonyl (C=O) groups is 2. The summed E-state index contributed by atoms with van der Waals surface area (Å²) in [5, 5.41) is 15.6. The highest BCUT2D eigenvalue weighted by atomic mass is 16.2. The van der Waals surface area contributed by atoms with Crippen LogP contribution in [0.3, 0.4) is 0 Å². The molecule has 8 heteroatoms. The molecule has 2 heterocycles. The molecular weight excluding hydrogens is 442 g/mol. The molecule has 0 aliphatic rings. The summed E-state index contributed by atoms with van der Waals surface area (Å²) in [6.07, 6.45) is 1.61. The van der Waals surface area contributed by atoms with E-state index in [1.165, 1.54) is 11.5 Å². The maximum absolute atomic E-state index is 13.4. The van der Waals surface area contributed by atoms with Gasteiger partial charge in [-0.2, -0.15) is 5.10 Å². The molecule has 5 rings (SSSR count). The number of nitrogens with zero attached hydrogens (tertiary/aromatic N) is 2. The van der Waals surface area contributed by atoms with Gasteiger partial charge in [0.15, 0.2) is 5.78 Å². The van der Waals surface area contributed by atoms with Gasteiger partial charge in [-0.1, -0.05) is 24.3 Å². The Bertz CT molecular complexity index is 1670. The van der Waals surface area contributed by atoms with Gasteiger partial charge in [-0.15, -0.1) is 0 Å². The van der Waals surface area contributed by atoms with Crippen molar-refractivity contribution in [3.63, 3.8) is 0 Å². The van der Waals surface area contributed by atoms with E-state index in [0.29, 0.717) is 22.3 Å². The van der Waals surface area contributed by atoms with Crippen LogP contribution in [0, 0.1) is 6.92 Å². The number of aromatic amines is 1. The van der Waals surface area contributed by atoms with Crippen molar-refractivity contribution in [2.24, 2.45) is 0 Å². The van der Waals surface area contributed by atoms with E-state index in [9.17, 15) is 14.4 Å². The van der Waals surface area contributed by atoms with E-state index in [4.69, 9.17) is 0 Å². The summed E-state index contributed by atoms with van der Waals surface area (Å²) >= 11 is 0. The predicted molar refractivity (Wildman–Crippen MR) is 137 cm³/mol. The fraction of sp³-hybridized carbons (Fsp3) is 0.111. The van der Waals surface area contributed by atoms with Gasteiger partial charge >= 0.3 is 0 Å². The van der Waals surface area contributed by atoms with Crippen LogP contribution in [-0.4, -0.2) is 26.5 Å². The van der Waals surface area contributed by atoms with Crippen LogP contribution in [0.5, 0.6) is 0 Å². The van der Waals surface area contributed by atoms with Gasteiger partial charge in [-0.05, 0) is 61.7 Å². The second kappa shape index (κ2) is 8.90. The van der Waals surface area contributed by atoms with Crippen LogP contribution in [0.25, 0.3) is 21.7 Å². The van der Waals surface area contributed by atoms with Crippen molar-refractivity contribution >= 4 is 50.4 Å². The van der Waals surface area contributed by atoms with Crippen molar-refractivity contribution in [3.05, 3.63) is 94.5 Å². The van der Waals surface area contributed by atoms with Gasteiger partial charge in [0.1, 0.15) is 6.54 Å². The molecule has 0 spiro atoms. The van der Waals surface area contributed by atoms with E-state index < -0.39 is 0 Å². The lowest BCUT2D eigenvalue weighted by atomic mass is 10.1. The summed E-state index contributed by atoms with van der Waals surface area (Å²) in [4.78, 5) is 37.6. The average molecular weight is 466 g/mol. The quantitative estimate of drug-likeness (QED) is 0.313. The summed E-state index contributed by atoms with van der Waals surface area (Å²) in [6, 6.07) is 19.9. The molecule has 0 aliphatic carbocycles. The van der Waals surface area contributed by atoms with Gasteiger partial charge in [0.05, 0.1) is 16.6 Å². The molecule has 0 radical (unpaired) electrons. The molecular formula is C27H23N5O3. The highest BCUT2D eigenvalue weighted by molar-refractivity contribution is 5.98. The number of nitrogens with one attached hydrogen (secondary N) is 3. The number of ketones is 1. The van der Waals surface area contributed by atoms with Gasteiger partial charge in [0.25, 0.3) is 5.56 Å². The van der Waals surface area contributed by atoms with Crippen LogP contribution in [-0.2, 0) is 11.3 Å². The number of pyridine rings is 1. The van der Waals surface area contributed by atoms with Crippen LogP contribution in [0.1, 0.15) is 23.0 Å². The van der Waals surface area contributed by atoms with Gasteiger partial charge in [0, 0.05) is 34.2 Å². The number of rotatable bonds is 6. The number of aromatic nitrogens is 3. The van der Waals surface area contributed by atoms with E-state index in [-0.39, 0.29) is 23.8 Å². The Balaban J connectivity index is 1.43. The maximum atomic E-state index is 13.4. The average Bonchev–Trinajstić information content (AvgIpc) is 3.21. The van der Waals surface area contributed by atoms with Gasteiger partial charge in [-0.25, -0.2) is 0 Å². The number of Topliss-reactive ketones (excluding diaryl/α,β-unsaturated/α-hetero) is 1. The number of hydrogen-bond acceptors (Lipinski definition) is 5. The molecule has 0 atom stereocenters. The minimum atomic E-state index is -0.364. The largest absolute Gasteiger partial charge is 0.355 e. The molecule has 0 saturated carbocycles. The molecule has 0 fully saturated rings. The lowest BCUT2D eigenvalue weighted by Crippen LogP contribution is -2.27. The Hall–Kier alpha value is -4.72. The summed E-state index contributed by atoms with van der Waals surface area (Å²) < 4.78 is 1.37.